The van der Waals surface area contributed by atoms with Crippen LogP contribution in [0.3, 0.4) is 0 Å². The lowest BCUT2D eigenvalue weighted by molar-refractivity contribution is -0.146. The van der Waals surface area contributed by atoms with E-state index < -0.39 is 11.5 Å². The second kappa shape index (κ2) is 7.79. The highest BCUT2D eigenvalue weighted by atomic mass is 16.5. The van der Waals surface area contributed by atoms with Gasteiger partial charge in [0.15, 0.2) is 0 Å². The van der Waals surface area contributed by atoms with E-state index in [0.717, 1.165) is 18.4 Å². The maximum Gasteiger partial charge on any atom is 0.329 e. The molecule has 2 rings (SSSR count). The second-order valence-electron chi connectivity index (χ2n) is 7.08. The van der Waals surface area contributed by atoms with Gasteiger partial charge >= 0.3 is 5.97 Å². The number of carboxylic acids is 1. The zero-order chi connectivity index (χ0) is 17.7. The molecule has 1 aliphatic rings. The summed E-state index contributed by atoms with van der Waals surface area (Å²) in [6, 6.07) is 7.12. The monoisotopic (exact) mass is 333 g/mol. The minimum Gasteiger partial charge on any atom is -0.480 e. The van der Waals surface area contributed by atoms with Crippen LogP contribution in [0.25, 0.3) is 0 Å². The zero-order valence-electron chi connectivity index (χ0n) is 14.7. The van der Waals surface area contributed by atoms with Crippen LogP contribution in [0.4, 0.5) is 0 Å². The Labute approximate surface area is 143 Å². The van der Waals surface area contributed by atoms with Crippen LogP contribution in [-0.4, -0.2) is 28.6 Å². The van der Waals surface area contributed by atoms with Crippen LogP contribution in [0.1, 0.15) is 62.4 Å². The van der Waals surface area contributed by atoms with E-state index in [4.69, 9.17) is 4.74 Å². The molecule has 1 amide bonds. The fraction of sp³-hybridized carbons (Fsp3) is 0.579. The Morgan fingerprint density at radius 3 is 2.33 bits per heavy atom. The van der Waals surface area contributed by atoms with E-state index >= 15 is 0 Å². The third-order valence-corrected chi connectivity index (χ3v) is 4.69. The summed E-state index contributed by atoms with van der Waals surface area (Å²) in [5.74, 6) is -0.761. The average Bonchev–Trinajstić information content (AvgIpc) is 2.55. The zero-order valence-corrected chi connectivity index (χ0v) is 14.7. The summed E-state index contributed by atoms with van der Waals surface area (Å²) in [6.45, 7) is 6.55. The first kappa shape index (κ1) is 18.5. The summed E-state index contributed by atoms with van der Waals surface area (Å²) >= 11 is 0. The number of rotatable bonds is 6. The van der Waals surface area contributed by atoms with Crippen LogP contribution in [0, 0.1) is 5.92 Å². The van der Waals surface area contributed by atoms with Crippen LogP contribution in [0.2, 0.25) is 0 Å². The number of nitrogens with one attached hydrogen (secondary N) is 1. The Hall–Kier alpha value is -1.88. The Balaban J connectivity index is 2.03. The van der Waals surface area contributed by atoms with Crippen molar-refractivity contribution in [3.8, 4) is 0 Å². The molecule has 2 N–H and O–H groups in total. The number of benzene rings is 1. The minimum atomic E-state index is -1.14. The Kier molecular flexibility index (Phi) is 5.99. The highest BCUT2D eigenvalue weighted by Gasteiger charge is 2.42. The van der Waals surface area contributed by atoms with E-state index in [9.17, 15) is 14.7 Å². The van der Waals surface area contributed by atoms with Gasteiger partial charge in [-0.05, 0) is 63.1 Å². The molecule has 0 aromatic heterocycles. The van der Waals surface area contributed by atoms with Crippen molar-refractivity contribution in [1.29, 1.82) is 0 Å². The van der Waals surface area contributed by atoms with Gasteiger partial charge in [-0.15, -0.1) is 0 Å². The molecular weight excluding hydrogens is 306 g/mol. The van der Waals surface area contributed by atoms with E-state index in [1.807, 2.05) is 26.0 Å². The molecule has 0 bridgehead atoms. The van der Waals surface area contributed by atoms with Gasteiger partial charge in [0.2, 0.25) is 0 Å². The summed E-state index contributed by atoms with van der Waals surface area (Å²) in [5, 5.41) is 12.4. The number of aliphatic carboxylic acids is 1. The SMILES string of the molecule is CC1CCC(NC(=O)c2ccc(COC(C)C)cc2)(C(=O)O)CC1. The van der Waals surface area contributed by atoms with Gasteiger partial charge in [-0.2, -0.15) is 0 Å². The van der Waals surface area contributed by atoms with Crippen LogP contribution in [0.15, 0.2) is 24.3 Å². The third-order valence-electron chi connectivity index (χ3n) is 4.69. The predicted octanol–water partition coefficient (Wildman–Crippen LogP) is 3.37. The van der Waals surface area contributed by atoms with Crippen molar-refractivity contribution in [2.75, 3.05) is 0 Å². The molecule has 0 atom stereocenters. The Bertz CT molecular complexity index is 572. The van der Waals surface area contributed by atoms with Crippen molar-refractivity contribution in [2.45, 2.75) is 64.7 Å². The van der Waals surface area contributed by atoms with Gasteiger partial charge < -0.3 is 15.2 Å². The van der Waals surface area contributed by atoms with Gasteiger partial charge in [-0.25, -0.2) is 4.79 Å². The highest BCUT2D eigenvalue weighted by molar-refractivity contribution is 5.97. The standard InChI is InChI=1S/C19H27NO4/c1-13(2)24-12-15-4-6-16(7-5-15)17(21)20-19(18(22)23)10-8-14(3)9-11-19/h4-7,13-14H,8-12H2,1-3H3,(H,20,21)(H,22,23). The number of carbonyl (C=O) groups is 2. The molecule has 1 saturated carbocycles. The van der Waals surface area contributed by atoms with Gasteiger partial charge in [0.25, 0.3) is 5.91 Å². The second-order valence-corrected chi connectivity index (χ2v) is 7.08. The molecule has 1 aliphatic carbocycles. The first-order valence-electron chi connectivity index (χ1n) is 8.59. The number of amides is 1. The molecule has 5 heteroatoms. The van der Waals surface area contributed by atoms with Gasteiger partial charge in [-0.3, -0.25) is 4.79 Å². The van der Waals surface area contributed by atoms with Crippen molar-refractivity contribution >= 4 is 11.9 Å². The lowest BCUT2D eigenvalue weighted by atomic mass is 9.77. The maximum absolute atomic E-state index is 12.5. The van der Waals surface area contributed by atoms with Gasteiger partial charge in [-0.1, -0.05) is 19.1 Å². The van der Waals surface area contributed by atoms with Crippen LogP contribution in [-0.2, 0) is 16.1 Å². The summed E-state index contributed by atoms with van der Waals surface area (Å²) in [7, 11) is 0. The van der Waals surface area contributed by atoms with Gasteiger partial charge in [0, 0.05) is 5.56 Å². The van der Waals surface area contributed by atoms with E-state index in [1.54, 1.807) is 12.1 Å². The number of hydrogen-bond acceptors (Lipinski definition) is 3. The van der Waals surface area contributed by atoms with Crippen molar-refractivity contribution < 1.29 is 19.4 Å². The molecule has 5 nitrogen and oxygen atoms in total. The molecule has 1 aromatic rings. The summed E-state index contributed by atoms with van der Waals surface area (Å²) in [4.78, 5) is 24.2. The normalized spacial score (nSPS) is 23.9. The number of carbonyl (C=O) groups excluding carboxylic acids is 1. The Morgan fingerprint density at radius 2 is 1.83 bits per heavy atom. The largest absolute Gasteiger partial charge is 0.480 e. The molecule has 0 aliphatic heterocycles. The van der Waals surface area contributed by atoms with Crippen molar-refractivity contribution in [3.63, 3.8) is 0 Å². The average molecular weight is 333 g/mol. The first-order chi connectivity index (χ1) is 11.3. The fourth-order valence-corrected chi connectivity index (χ4v) is 2.95. The molecule has 1 aromatic carbocycles. The third kappa shape index (κ3) is 4.57. The van der Waals surface area contributed by atoms with E-state index in [1.165, 1.54) is 0 Å². The van der Waals surface area contributed by atoms with E-state index in [-0.39, 0.29) is 12.0 Å². The number of hydrogen-bond donors (Lipinski definition) is 2. The molecule has 132 valence electrons. The van der Waals surface area contributed by atoms with Crippen LogP contribution >= 0.6 is 0 Å². The number of carboxylic acid groups (broad SMARTS) is 1. The molecule has 1 fully saturated rings. The van der Waals surface area contributed by atoms with E-state index in [2.05, 4.69) is 12.2 Å². The van der Waals surface area contributed by atoms with Crippen molar-refractivity contribution in [1.82, 2.24) is 5.32 Å². The lowest BCUT2D eigenvalue weighted by Gasteiger charge is -2.36. The summed E-state index contributed by atoms with van der Waals surface area (Å²) in [6.07, 6.45) is 2.75. The van der Waals surface area contributed by atoms with Crippen LogP contribution in [0.5, 0.6) is 0 Å². The topological polar surface area (TPSA) is 75.6 Å². The van der Waals surface area contributed by atoms with E-state index in [0.29, 0.717) is 30.9 Å². The van der Waals surface area contributed by atoms with Crippen LogP contribution < -0.4 is 5.32 Å². The fourth-order valence-electron chi connectivity index (χ4n) is 2.95. The van der Waals surface area contributed by atoms with Crippen molar-refractivity contribution in [2.24, 2.45) is 5.92 Å². The molecule has 0 unspecified atom stereocenters. The smallest absolute Gasteiger partial charge is 0.329 e. The molecule has 0 spiro atoms. The molecule has 24 heavy (non-hydrogen) atoms. The lowest BCUT2D eigenvalue weighted by Crippen LogP contribution is -2.56. The number of ether oxygens (including phenoxy) is 1. The maximum atomic E-state index is 12.5. The first-order valence-corrected chi connectivity index (χ1v) is 8.59. The predicted molar refractivity (Wildman–Crippen MR) is 91.8 cm³/mol. The molecule has 0 saturated heterocycles. The van der Waals surface area contributed by atoms with Gasteiger partial charge in [0.05, 0.1) is 12.7 Å². The van der Waals surface area contributed by atoms with Crippen molar-refractivity contribution in [3.05, 3.63) is 35.4 Å². The quantitative estimate of drug-likeness (QED) is 0.837. The summed E-state index contributed by atoms with van der Waals surface area (Å²) < 4.78 is 5.53. The molecular formula is C19H27NO4. The molecule has 0 heterocycles. The van der Waals surface area contributed by atoms with Gasteiger partial charge in [0.1, 0.15) is 5.54 Å². The Morgan fingerprint density at radius 1 is 1.25 bits per heavy atom. The minimum absolute atomic E-state index is 0.150. The summed E-state index contributed by atoms with van der Waals surface area (Å²) in [5.41, 5.74) is 0.325. The highest BCUT2D eigenvalue weighted by Crippen LogP contribution is 2.32. The molecule has 0 radical (unpaired) electrons.